The minimum absolute atomic E-state index is 0.145. The summed E-state index contributed by atoms with van der Waals surface area (Å²) in [5, 5.41) is 18.6. The smallest absolute Gasteiger partial charge is 0.318 e. The van der Waals surface area contributed by atoms with Gasteiger partial charge in [-0.1, -0.05) is 20.8 Å². The SMILES string of the molecule is CC(C)(C)C[C@H](NC(=O)N1CCOCC1)C(=O)NC1(C#N)CCNCC1. The predicted octanol–water partition coefficient (Wildman–Crippen LogP) is 0.595. The zero-order chi connectivity index (χ0) is 19.2. The third-order valence-electron chi connectivity index (χ3n) is 4.76. The number of ether oxygens (including phenoxy) is 1. The minimum atomic E-state index is -0.859. The van der Waals surface area contributed by atoms with Crippen LogP contribution in [0.5, 0.6) is 0 Å². The van der Waals surface area contributed by atoms with E-state index in [-0.39, 0.29) is 17.4 Å². The van der Waals surface area contributed by atoms with Gasteiger partial charge in [0.15, 0.2) is 0 Å². The summed E-state index contributed by atoms with van der Waals surface area (Å²) in [6.45, 7) is 9.52. The lowest BCUT2D eigenvalue weighted by molar-refractivity contribution is -0.125. The molecule has 2 saturated heterocycles. The summed E-state index contributed by atoms with van der Waals surface area (Å²) in [7, 11) is 0. The molecule has 0 aromatic heterocycles. The lowest BCUT2D eigenvalue weighted by Gasteiger charge is -2.35. The van der Waals surface area contributed by atoms with E-state index in [2.05, 4.69) is 22.0 Å². The number of carbonyl (C=O) groups is 2. The van der Waals surface area contributed by atoms with Gasteiger partial charge in [0.25, 0.3) is 0 Å². The second-order valence-corrected chi connectivity index (χ2v) is 8.30. The Kier molecular flexibility index (Phi) is 6.84. The van der Waals surface area contributed by atoms with Crippen molar-refractivity contribution in [1.82, 2.24) is 20.9 Å². The molecule has 0 spiro atoms. The first-order chi connectivity index (χ1) is 12.2. The normalized spacial score (nSPS) is 21.4. The first-order valence-corrected chi connectivity index (χ1v) is 9.32. The molecular weight excluding hydrogens is 334 g/mol. The Balaban J connectivity index is 2.06. The number of hydrogen-bond acceptors (Lipinski definition) is 5. The maximum absolute atomic E-state index is 12.9. The van der Waals surface area contributed by atoms with Gasteiger partial charge in [-0.3, -0.25) is 4.79 Å². The Labute approximate surface area is 155 Å². The minimum Gasteiger partial charge on any atom is -0.378 e. The van der Waals surface area contributed by atoms with Gasteiger partial charge in [0.1, 0.15) is 11.6 Å². The summed E-state index contributed by atoms with van der Waals surface area (Å²) in [6, 6.07) is 1.34. The van der Waals surface area contributed by atoms with Crippen molar-refractivity contribution in [2.75, 3.05) is 39.4 Å². The van der Waals surface area contributed by atoms with E-state index < -0.39 is 11.6 Å². The Bertz CT molecular complexity index is 540. The fourth-order valence-corrected chi connectivity index (χ4v) is 3.27. The number of nitrogens with one attached hydrogen (secondary N) is 3. The van der Waals surface area contributed by atoms with Crippen molar-refractivity contribution in [2.24, 2.45) is 5.41 Å². The summed E-state index contributed by atoms with van der Waals surface area (Å²) in [5.74, 6) is -0.287. The molecule has 0 saturated carbocycles. The van der Waals surface area contributed by atoms with E-state index in [4.69, 9.17) is 4.74 Å². The summed E-state index contributed by atoms with van der Waals surface area (Å²) in [4.78, 5) is 27.1. The van der Waals surface area contributed by atoms with Crippen LogP contribution in [-0.4, -0.2) is 67.8 Å². The highest BCUT2D eigenvalue weighted by Crippen LogP contribution is 2.23. The standard InChI is InChI=1S/C18H31N5O3/c1-17(2,3)12-14(21-16(25)23-8-10-26-11-9-23)15(24)22-18(13-19)4-6-20-7-5-18/h14,20H,4-12H2,1-3H3,(H,21,25)(H,22,24)/t14-/m0/s1. The zero-order valence-corrected chi connectivity index (χ0v) is 16.1. The van der Waals surface area contributed by atoms with Crippen LogP contribution in [0, 0.1) is 16.7 Å². The number of morpholine rings is 1. The molecule has 2 aliphatic heterocycles. The van der Waals surface area contributed by atoms with Crippen molar-refractivity contribution in [3.63, 3.8) is 0 Å². The fraction of sp³-hybridized carbons (Fsp3) is 0.833. The van der Waals surface area contributed by atoms with Gasteiger partial charge in [0.05, 0.1) is 19.3 Å². The molecule has 0 bridgehead atoms. The average molecular weight is 365 g/mol. The zero-order valence-electron chi connectivity index (χ0n) is 16.1. The van der Waals surface area contributed by atoms with E-state index >= 15 is 0 Å². The van der Waals surface area contributed by atoms with Crippen LogP contribution in [0.15, 0.2) is 0 Å². The molecule has 2 heterocycles. The molecule has 3 N–H and O–H groups in total. The number of amides is 3. The van der Waals surface area contributed by atoms with Crippen LogP contribution in [0.4, 0.5) is 4.79 Å². The Morgan fingerprint density at radius 1 is 1.27 bits per heavy atom. The highest BCUT2D eigenvalue weighted by atomic mass is 16.5. The molecule has 1 atom stereocenters. The topological polar surface area (TPSA) is 106 Å². The molecule has 0 aliphatic carbocycles. The van der Waals surface area contributed by atoms with Gasteiger partial charge in [-0.25, -0.2) is 4.79 Å². The average Bonchev–Trinajstić information content (AvgIpc) is 2.61. The maximum Gasteiger partial charge on any atom is 0.318 e. The van der Waals surface area contributed by atoms with E-state index in [0.717, 1.165) is 0 Å². The number of hydrogen-bond donors (Lipinski definition) is 3. The third-order valence-corrected chi connectivity index (χ3v) is 4.76. The van der Waals surface area contributed by atoms with Crippen LogP contribution in [0.3, 0.4) is 0 Å². The van der Waals surface area contributed by atoms with Crippen LogP contribution in [0.25, 0.3) is 0 Å². The van der Waals surface area contributed by atoms with Crippen LogP contribution in [0.2, 0.25) is 0 Å². The molecule has 0 radical (unpaired) electrons. The van der Waals surface area contributed by atoms with Crippen molar-refractivity contribution in [3.05, 3.63) is 0 Å². The number of urea groups is 1. The number of nitrogens with zero attached hydrogens (tertiary/aromatic N) is 2. The van der Waals surface area contributed by atoms with Crippen LogP contribution >= 0.6 is 0 Å². The number of rotatable bonds is 4. The summed E-state index contributed by atoms with van der Waals surface area (Å²) in [5.41, 5.74) is -1.00. The van der Waals surface area contributed by atoms with E-state index in [1.807, 2.05) is 20.8 Å². The third kappa shape index (κ3) is 5.85. The second-order valence-electron chi connectivity index (χ2n) is 8.30. The maximum atomic E-state index is 12.9. The van der Waals surface area contributed by atoms with Gasteiger partial charge in [-0.2, -0.15) is 5.26 Å². The Hall–Kier alpha value is -1.85. The lowest BCUT2D eigenvalue weighted by Crippen LogP contribution is -2.60. The highest BCUT2D eigenvalue weighted by molar-refractivity contribution is 5.87. The van der Waals surface area contributed by atoms with Crippen LogP contribution < -0.4 is 16.0 Å². The molecule has 26 heavy (non-hydrogen) atoms. The van der Waals surface area contributed by atoms with Crippen LogP contribution in [-0.2, 0) is 9.53 Å². The van der Waals surface area contributed by atoms with Crippen molar-refractivity contribution in [1.29, 1.82) is 5.26 Å². The largest absolute Gasteiger partial charge is 0.378 e. The fourth-order valence-electron chi connectivity index (χ4n) is 3.27. The Morgan fingerprint density at radius 2 is 1.88 bits per heavy atom. The molecule has 8 heteroatoms. The second kappa shape index (κ2) is 8.69. The van der Waals surface area contributed by atoms with Gasteiger partial charge in [0.2, 0.25) is 5.91 Å². The highest BCUT2D eigenvalue weighted by Gasteiger charge is 2.37. The summed E-state index contributed by atoms with van der Waals surface area (Å²) in [6.07, 6.45) is 1.62. The molecule has 2 rings (SSSR count). The van der Waals surface area contributed by atoms with Gasteiger partial charge >= 0.3 is 6.03 Å². The van der Waals surface area contributed by atoms with Gasteiger partial charge in [0, 0.05) is 13.1 Å². The summed E-state index contributed by atoms with van der Waals surface area (Å²) < 4.78 is 5.27. The molecule has 0 aromatic carbocycles. The van der Waals surface area contributed by atoms with Crippen molar-refractivity contribution >= 4 is 11.9 Å². The van der Waals surface area contributed by atoms with Crippen molar-refractivity contribution < 1.29 is 14.3 Å². The molecule has 2 aliphatic rings. The molecule has 3 amide bonds. The van der Waals surface area contributed by atoms with Gasteiger partial charge in [-0.15, -0.1) is 0 Å². The number of carbonyl (C=O) groups excluding carboxylic acids is 2. The first kappa shape index (κ1) is 20.5. The number of nitriles is 1. The van der Waals surface area contributed by atoms with Crippen LogP contribution in [0.1, 0.15) is 40.0 Å². The molecule has 0 aromatic rings. The predicted molar refractivity (Wildman–Crippen MR) is 97.4 cm³/mol. The molecule has 0 unspecified atom stereocenters. The molecule has 2 fully saturated rings. The molecule has 8 nitrogen and oxygen atoms in total. The van der Waals surface area contributed by atoms with E-state index in [0.29, 0.717) is 58.7 Å². The Morgan fingerprint density at radius 3 is 2.42 bits per heavy atom. The monoisotopic (exact) mass is 365 g/mol. The molecular formula is C18H31N5O3. The van der Waals surface area contributed by atoms with Crippen molar-refractivity contribution in [3.8, 4) is 6.07 Å². The molecule has 146 valence electrons. The van der Waals surface area contributed by atoms with E-state index in [1.54, 1.807) is 4.90 Å². The number of piperidine rings is 1. The quantitative estimate of drug-likeness (QED) is 0.676. The summed E-state index contributed by atoms with van der Waals surface area (Å²) >= 11 is 0. The van der Waals surface area contributed by atoms with Gasteiger partial charge < -0.3 is 25.6 Å². The van der Waals surface area contributed by atoms with Gasteiger partial charge in [-0.05, 0) is 37.8 Å². The van der Waals surface area contributed by atoms with E-state index in [9.17, 15) is 14.9 Å². The lowest BCUT2D eigenvalue weighted by atomic mass is 9.86. The van der Waals surface area contributed by atoms with Crippen molar-refractivity contribution in [2.45, 2.75) is 51.6 Å². The first-order valence-electron chi connectivity index (χ1n) is 9.32. The van der Waals surface area contributed by atoms with E-state index in [1.165, 1.54) is 0 Å².